The lowest BCUT2D eigenvalue weighted by Crippen LogP contribution is -2.53. The molecule has 16 heteroatoms. The Morgan fingerprint density at radius 2 is 1.31 bits per heavy atom. The highest BCUT2D eigenvalue weighted by molar-refractivity contribution is 7.86. The van der Waals surface area contributed by atoms with Gasteiger partial charge >= 0.3 is 23.9 Å². The minimum absolute atomic E-state index is 0.0326. The number of hydrogen-bond donors (Lipinski definition) is 7. The molecule has 0 radical (unpaired) electrons. The van der Waals surface area contributed by atoms with Gasteiger partial charge in [-0.05, 0) is 66.1 Å². The average molecular weight is 699 g/mol. The Hall–Kier alpha value is -5.61. The molecule has 3 rings (SSSR count). The van der Waals surface area contributed by atoms with E-state index in [4.69, 9.17) is 11.5 Å². The molecule has 0 saturated carbocycles. The van der Waals surface area contributed by atoms with Crippen LogP contribution in [0.4, 0.5) is 0 Å². The minimum Gasteiger partial charge on any atom is -0.481 e. The number of rotatable bonds is 17. The van der Waals surface area contributed by atoms with E-state index in [1.54, 1.807) is 6.92 Å². The van der Waals surface area contributed by atoms with Crippen molar-refractivity contribution in [3.8, 4) is 0 Å². The predicted molar refractivity (Wildman–Crippen MR) is 172 cm³/mol. The molecule has 0 aliphatic rings. The second-order valence-corrected chi connectivity index (χ2v) is 13.1. The van der Waals surface area contributed by atoms with Gasteiger partial charge in [-0.1, -0.05) is 55.8 Å². The summed E-state index contributed by atoms with van der Waals surface area (Å²) in [6, 6.07) is 13.2. The molecular formula is C33H34N2O13S. The van der Waals surface area contributed by atoms with Crippen LogP contribution in [0.3, 0.4) is 0 Å². The molecular weight excluding hydrogens is 664 g/mol. The van der Waals surface area contributed by atoms with Crippen molar-refractivity contribution < 1.29 is 62.2 Å². The van der Waals surface area contributed by atoms with Crippen LogP contribution in [-0.2, 0) is 31.5 Å². The number of carboxylic acid groups (broad SMARTS) is 4. The van der Waals surface area contributed by atoms with E-state index in [-0.39, 0.29) is 29.5 Å². The first kappa shape index (κ1) is 37.8. The van der Waals surface area contributed by atoms with Crippen LogP contribution in [-0.4, -0.2) is 74.3 Å². The zero-order valence-corrected chi connectivity index (χ0v) is 26.8. The molecule has 9 N–H and O–H groups in total. The number of hydrogen-bond acceptors (Lipinski definition) is 8. The molecule has 49 heavy (non-hydrogen) atoms. The molecule has 0 spiro atoms. The number of benzene rings is 3. The molecule has 260 valence electrons. The van der Waals surface area contributed by atoms with Gasteiger partial charge in [0.05, 0.1) is 22.3 Å². The van der Waals surface area contributed by atoms with Crippen LogP contribution in [0, 0.1) is 5.92 Å². The van der Waals surface area contributed by atoms with Gasteiger partial charge in [-0.25, -0.2) is 9.59 Å². The van der Waals surface area contributed by atoms with Gasteiger partial charge in [-0.2, -0.15) is 8.42 Å². The van der Waals surface area contributed by atoms with Gasteiger partial charge in [0.25, 0.3) is 10.1 Å². The van der Waals surface area contributed by atoms with E-state index in [1.807, 2.05) is 0 Å². The summed E-state index contributed by atoms with van der Waals surface area (Å²) >= 11 is 0. The third-order valence-electron chi connectivity index (χ3n) is 8.46. The number of aliphatic carboxylic acids is 2. The zero-order valence-electron chi connectivity index (χ0n) is 26.0. The van der Waals surface area contributed by atoms with Crippen LogP contribution in [0.15, 0.2) is 66.7 Å². The van der Waals surface area contributed by atoms with Gasteiger partial charge < -0.3 is 31.9 Å². The number of nitrogens with two attached hydrogens (primary N) is 2. The zero-order chi connectivity index (χ0) is 36.8. The van der Waals surface area contributed by atoms with Gasteiger partial charge in [0, 0.05) is 11.1 Å². The van der Waals surface area contributed by atoms with E-state index in [0.29, 0.717) is 0 Å². The lowest BCUT2D eigenvalue weighted by Gasteiger charge is -2.42. The Morgan fingerprint density at radius 3 is 1.80 bits per heavy atom. The molecule has 4 atom stereocenters. The highest BCUT2D eigenvalue weighted by atomic mass is 32.2. The molecule has 15 nitrogen and oxygen atoms in total. The van der Waals surface area contributed by atoms with Crippen molar-refractivity contribution in [2.45, 2.75) is 49.2 Å². The highest BCUT2D eigenvalue weighted by Gasteiger charge is 2.57. The van der Waals surface area contributed by atoms with Crippen molar-refractivity contribution in [3.05, 3.63) is 106 Å². The van der Waals surface area contributed by atoms with Gasteiger partial charge in [0.1, 0.15) is 5.41 Å². The fourth-order valence-corrected chi connectivity index (χ4v) is 7.27. The smallest absolute Gasteiger partial charge is 0.336 e. The largest absolute Gasteiger partial charge is 0.481 e. The van der Waals surface area contributed by atoms with Gasteiger partial charge in [-0.15, -0.1) is 0 Å². The lowest BCUT2D eigenvalue weighted by molar-refractivity contribution is -0.158. The first-order chi connectivity index (χ1) is 22.9. The van der Waals surface area contributed by atoms with Gasteiger partial charge in [-0.3, -0.25) is 23.7 Å². The van der Waals surface area contributed by atoms with Crippen LogP contribution < -0.4 is 11.5 Å². The Labute approximate surface area is 279 Å². The topological polar surface area (TPSA) is 290 Å². The van der Waals surface area contributed by atoms with E-state index in [2.05, 4.69) is 0 Å². The van der Waals surface area contributed by atoms with Crippen molar-refractivity contribution >= 4 is 45.8 Å². The van der Waals surface area contributed by atoms with Crippen molar-refractivity contribution in [1.82, 2.24) is 0 Å². The van der Waals surface area contributed by atoms with Gasteiger partial charge in [0.15, 0.2) is 0 Å². The molecule has 0 bridgehead atoms. The normalized spacial score (nSPS) is 14.5. The summed E-state index contributed by atoms with van der Waals surface area (Å²) in [7, 11) is -5.32. The van der Waals surface area contributed by atoms with Crippen LogP contribution in [0.25, 0.3) is 0 Å². The predicted octanol–water partition coefficient (Wildman–Crippen LogP) is 2.78. The van der Waals surface area contributed by atoms with Gasteiger partial charge in [0.2, 0.25) is 11.8 Å². The SMILES string of the molecule is CCCC(c1ccccc1C(N)=O)C(C(=O)O)C(CC(Cc1ccc(C(=O)O)c(C(=O)O)c1)S(=O)(=O)O)(C(=O)O)c1ccccc1C(N)=O. The van der Waals surface area contributed by atoms with E-state index in [9.17, 15) is 62.2 Å². The monoisotopic (exact) mass is 698 g/mol. The Kier molecular flexibility index (Phi) is 11.6. The molecule has 0 heterocycles. The second-order valence-electron chi connectivity index (χ2n) is 11.4. The Bertz CT molecular complexity index is 1920. The summed E-state index contributed by atoms with van der Waals surface area (Å²) in [5.74, 6) is -12.6. The number of primary amides is 2. The number of carbonyl (C=O) groups excluding carboxylic acids is 2. The van der Waals surface area contributed by atoms with E-state index in [1.165, 1.54) is 36.4 Å². The summed E-state index contributed by atoms with van der Waals surface area (Å²) < 4.78 is 36.6. The third kappa shape index (κ3) is 7.93. The average Bonchev–Trinajstić information content (AvgIpc) is 3.02. The summed E-state index contributed by atoms with van der Waals surface area (Å²) in [5.41, 5.74) is 5.70. The molecule has 0 fully saturated rings. The summed E-state index contributed by atoms with van der Waals surface area (Å²) in [6.45, 7) is 1.65. The molecule has 0 saturated heterocycles. The third-order valence-corrected chi connectivity index (χ3v) is 9.63. The highest BCUT2D eigenvalue weighted by Crippen LogP contribution is 2.49. The minimum atomic E-state index is -5.32. The maximum Gasteiger partial charge on any atom is 0.336 e. The Balaban J connectivity index is 2.47. The van der Waals surface area contributed by atoms with E-state index < -0.39 is 103 Å². The van der Waals surface area contributed by atoms with Crippen molar-refractivity contribution in [2.24, 2.45) is 17.4 Å². The molecule has 3 aromatic rings. The lowest BCUT2D eigenvalue weighted by atomic mass is 9.59. The Morgan fingerprint density at radius 1 is 0.755 bits per heavy atom. The van der Waals surface area contributed by atoms with Crippen molar-refractivity contribution in [2.75, 3.05) is 0 Å². The fraction of sp³-hybridized carbons (Fsp3) is 0.273. The maximum absolute atomic E-state index is 13.8. The van der Waals surface area contributed by atoms with Crippen LogP contribution in [0.1, 0.15) is 90.2 Å². The number of carbonyl (C=O) groups is 6. The summed E-state index contributed by atoms with van der Waals surface area (Å²) in [4.78, 5) is 75.8. The molecule has 0 aromatic heterocycles. The first-order valence-electron chi connectivity index (χ1n) is 14.7. The van der Waals surface area contributed by atoms with Crippen molar-refractivity contribution in [3.63, 3.8) is 0 Å². The number of amides is 2. The molecule has 2 amide bonds. The summed E-state index contributed by atoms with van der Waals surface area (Å²) in [6.07, 6.45) is -1.89. The summed E-state index contributed by atoms with van der Waals surface area (Å²) in [5, 5.41) is 38.8. The number of carboxylic acids is 4. The first-order valence-corrected chi connectivity index (χ1v) is 16.2. The van der Waals surface area contributed by atoms with E-state index >= 15 is 0 Å². The molecule has 0 aliphatic carbocycles. The fourth-order valence-electron chi connectivity index (χ4n) is 6.40. The standard InChI is InChI=1S/C33H34N2O13S/c1-2-7-20(19-8-3-4-9-21(19)27(34)36)26(31(42)43)33(32(44)45,25-11-6-5-10-23(25)28(35)37)16-18(49(46,47)48)14-17-12-13-22(29(38)39)24(15-17)30(40)41/h3-6,8-13,15,18,20,26H,2,7,14,16H2,1H3,(H2,34,36)(H2,35,37)(H,38,39)(H,40,41)(H,42,43)(H,44,45)(H,46,47,48). The van der Waals surface area contributed by atoms with Crippen molar-refractivity contribution in [1.29, 1.82) is 0 Å². The van der Waals surface area contributed by atoms with E-state index in [0.717, 1.165) is 30.3 Å². The maximum atomic E-state index is 13.8. The molecule has 4 unspecified atom stereocenters. The number of aromatic carboxylic acids is 2. The second kappa shape index (κ2) is 15.1. The molecule has 0 aliphatic heterocycles. The molecule has 3 aromatic carbocycles. The van der Waals surface area contributed by atoms with Crippen LogP contribution >= 0.6 is 0 Å². The quantitative estimate of drug-likeness (QED) is 0.0999. The van der Waals surface area contributed by atoms with Crippen LogP contribution in [0.5, 0.6) is 0 Å². The van der Waals surface area contributed by atoms with Crippen LogP contribution in [0.2, 0.25) is 0 Å².